The average Bonchev–Trinajstić information content (AvgIpc) is 3.27. The number of hydrogen-bond donors (Lipinski definition) is 0. The summed E-state index contributed by atoms with van der Waals surface area (Å²) in [7, 11) is 1.64. The first-order valence-electron chi connectivity index (χ1n) is 12.0. The van der Waals surface area contributed by atoms with E-state index in [0.29, 0.717) is 16.8 Å². The van der Waals surface area contributed by atoms with Crippen LogP contribution in [0.4, 0.5) is 5.69 Å². The van der Waals surface area contributed by atoms with Gasteiger partial charge in [0.1, 0.15) is 5.75 Å². The minimum absolute atomic E-state index is 0.229. The molecule has 0 radical (unpaired) electrons. The molecule has 1 amide bonds. The summed E-state index contributed by atoms with van der Waals surface area (Å²) in [6.07, 6.45) is 1.81. The molecule has 6 heteroatoms. The number of amides is 1. The van der Waals surface area contributed by atoms with E-state index in [1.54, 1.807) is 25.9 Å². The molecule has 2 aromatic carbocycles. The minimum atomic E-state index is -0.495. The monoisotopic (exact) mass is 484 g/mol. The number of aryl methyl sites for hydroxylation is 3. The first-order valence-corrected chi connectivity index (χ1v) is 12.0. The van der Waals surface area contributed by atoms with Gasteiger partial charge in [-0.1, -0.05) is 6.07 Å². The number of rotatable bonds is 6. The van der Waals surface area contributed by atoms with Crippen LogP contribution in [-0.2, 0) is 14.3 Å². The second-order valence-electron chi connectivity index (χ2n) is 9.01. The number of carbonyl (C=O) groups is 2. The van der Waals surface area contributed by atoms with Gasteiger partial charge in [-0.15, -0.1) is 0 Å². The molecule has 0 spiro atoms. The van der Waals surface area contributed by atoms with Gasteiger partial charge >= 0.3 is 5.97 Å². The van der Waals surface area contributed by atoms with Crippen LogP contribution in [0.5, 0.6) is 5.75 Å². The fourth-order valence-electron chi connectivity index (χ4n) is 4.67. The molecule has 3 aromatic rings. The number of allylic oxidation sites excluding steroid dienone is 1. The molecule has 0 fully saturated rings. The molecule has 1 aromatic heterocycles. The van der Waals surface area contributed by atoms with Crippen molar-refractivity contribution in [3.8, 4) is 11.4 Å². The molecule has 0 unspecified atom stereocenters. The minimum Gasteiger partial charge on any atom is -0.497 e. The molecule has 1 aliphatic rings. The van der Waals surface area contributed by atoms with Gasteiger partial charge in [0.2, 0.25) is 0 Å². The predicted octanol–water partition coefficient (Wildman–Crippen LogP) is 5.99. The molecule has 0 saturated heterocycles. The summed E-state index contributed by atoms with van der Waals surface area (Å²) < 4.78 is 12.8. The molecule has 2 heterocycles. The van der Waals surface area contributed by atoms with Gasteiger partial charge in [0.25, 0.3) is 5.91 Å². The maximum absolute atomic E-state index is 13.8. The molecule has 0 bridgehead atoms. The lowest BCUT2D eigenvalue weighted by molar-refractivity contribution is -0.138. The first kappa shape index (κ1) is 25.0. The molecule has 0 N–H and O–H groups in total. The second-order valence-corrected chi connectivity index (χ2v) is 9.01. The zero-order chi connectivity index (χ0) is 26.1. The highest BCUT2D eigenvalue weighted by molar-refractivity contribution is 6.23. The number of ether oxygens (including phenoxy) is 2. The van der Waals surface area contributed by atoms with Gasteiger partial charge in [-0.25, -0.2) is 4.79 Å². The second kappa shape index (κ2) is 9.90. The Morgan fingerprint density at radius 3 is 2.19 bits per heavy atom. The van der Waals surface area contributed by atoms with Crippen LogP contribution in [0, 0.1) is 27.7 Å². The van der Waals surface area contributed by atoms with E-state index < -0.39 is 5.97 Å². The van der Waals surface area contributed by atoms with Gasteiger partial charge in [0, 0.05) is 28.5 Å². The summed E-state index contributed by atoms with van der Waals surface area (Å²) in [6, 6.07) is 15.7. The van der Waals surface area contributed by atoms with Gasteiger partial charge in [-0.2, -0.15) is 0 Å². The Labute approximate surface area is 212 Å². The van der Waals surface area contributed by atoms with Crippen molar-refractivity contribution in [1.82, 2.24) is 4.57 Å². The van der Waals surface area contributed by atoms with Gasteiger partial charge < -0.3 is 14.0 Å². The van der Waals surface area contributed by atoms with Crippen molar-refractivity contribution in [3.63, 3.8) is 0 Å². The van der Waals surface area contributed by atoms with E-state index >= 15 is 0 Å². The van der Waals surface area contributed by atoms with Crippen molar-refractivity contribution in [2.24, 2.45) is 0 Å². The highest BCUT2D eigenvalue weighted by Gasteiger charge is 2.38. The van der Waals surface area contributed by atoms with Crippen LogP contribution in [0.1, 0.15) is 41.9 Å². The Balaban J connectivity index is 1.83. The summed E-state index contributed by atoms with van der Waals surface area (Å²) in [5.41, 5.74) is 7.97. The molecule has 1 aliphatic heterocycles. The number of esters is 1. The van der Waals surface area contributed by atoms with Crippen molar-refractivity contribution in [1.29, 1.82) is 0 Å². The number of anilines is 1. The van der Waals surface area contributed by atoms with Gasteiger partial charge in [-0.3, -0.25) is 9.69 Å². The van der Waals surface area contributed by atoms with Crippen molar-refractivity contribution < 1.29 is 19.1 Å². The normalized spacial score (nSPS) is 14.7. The third-order valence-electron chi connectivity index (χ3n) is 6.73. The lowest BCUT2D eigenvalue weighted by Gasteiger charge is -2.19. The first-order chi connectivity index (χ1) is 17.2. The molecule has 36 heavy (non-hydrogen) atoms. The Bertz CT molecular complexity index is 1410. The SMILES string of the molecule is CCOC(=O)C1=C(C)N(c2ccc(C)c(C)c2)C(=O)/C1=C/c1cc(C)n(-c2ccc(OC)cc2)c1C. The molecular weight excluding hydrogens is 452 g/mol. The lowest BCUT2D eigenvalue weighted by Crippen LogP contribution is -2.24. The van der Waals surface area contributed by atoms with Gasteiger partial charge in [0.05, 0.1) is 24.9 Å². The summed E-state index contributed by atoms with van der Waals surface area (Å²) in [5.74, 6) is 0.0455. The van der Waals surface area contributed by atoms with E-state index in [2.05, 4.69) is 4.57 Å². The van der Waals surface area contributed by atoms with Crippen LogP contribution < -0.4 is 9.64 Å². The van der Waals surface area contributed by atoms with Crippen LogP contribution in [0.25, 0.3) is 11.8 Å². The summed E-state index contributed by atoms with van der Waals surface area (Å²) in [5, 5.41) is 0. The third-order valence-corrected chi connectivity index (χ3v) is 6.73. The molecular formula is C30H32N2O4. The molecule has 6 nitrogen and oxygen atoms in total. The smallest absolute Gasteiger partial charge is 0.340 e. The third kappa shape index (κ3) is 4.35. The van der Waals surface area contributed by atoms with E-state index in [4.69, 9.17) is 9.47 Å². The Hall–Kier alpha value is -4.06. The standard InChI is InChI=1S/C30H32N2O4/c1-8-36-30(34)28-22(6)32(25-10-9-18(2)19(3)15-25)29(33)27(28)17-23-16-20(4)31(21(23)5)24-11-13-26(35-7)14-12-24/h9-17H,8H2,1-7H3/b27-17+. The molecule has 0 atom stereocenters. The van der Waals surface area contributed by atoms with Crippen LogP contribution >= 0.6 is 0 Å². The summed E-state index contributed by atoms with van der Waals surface area (Å²) in [4.78, 5) is 28.4. The number of carbonyl (C=O) groups excluding carboxylic acids is 2. The Morgan fingerprint density at radius 1 is 0.917 bits per heavy atom. The van der Waals surface area contributed by atoms with Crippen molar-refractivity contribution in [3.05, 3.63) is 93.5 Å². The van der Waals surface area contributed by atoms with E-state index in [-0.39, 0.29) is 12.5 Å². The maximum Gasteiger partial charge on any atom is 0.340 e. The zero-order valence-electron chi connectivity index (χ0n) is 21.9. The van der Waals surface area contributed by atoms with Crippen molar-refractivity contribution in [2.45, 2.75) is 41.5 Å². The fraction of sp³-hybridized carbons (Fsp3) is 0.267. The topological polar surface area (TPSA) is 60.8 Å². The zero-order valence-corrected chi connectivity index (χ0v) is 21.9. The fourth-order valence-corrected chi connectivity index (χ4v) is 4.67. The lowest BCUT2D eigenvalue weighted by atomic mass is 10.0. The molecule has 0 aliphatic carbocycles. The highest BCUT2D eigenvalue weighted by Crippen LogP contribution is 2.37. The maximum atomic E-state index is 13.8. The van der Waals surface area contributed by atoms with Crippen LogP contribution in [0.2, 0.25) is 0 Å². The molecule has 186 valence electrons. The largest absolute Gasteiger partial charge is 0.497 e. The number of benzene rings is 2. The quantitative estimate of drug-likeness (QED) is 0.319. The van der Waals surface area contributed by atoms with Crippen LogP contribution in [-0.4, -0.2) is 30.2 Å². The summed E-state index contributed by atoms with van der Waals surface area (Å²) >= 11 is 0. The predicted molar refractivity (Wildman–Crippen MR) is 143 cm³/mol. The molecule has 4 rings (SSSR count). The molecule has 0 saturated carbocycles. The van der Waals surface area contributed by atoms with Gasteiger partial charge in [0.15, 0.2) is 0 Å². The highest BCUT2D eigenvalue weighted by atomic mass is 16.5. The number of hydrogen-bond acceptors (Lipinski definition) is 4. The van der Waals surface area contributed by atoms with E-state index in [9.17, 15) is 9.59 Å². The summed E-state index contributed by atoms with van der Waals surface area (Å²) in [6.45, 7) is 11.8. The average molecular weight is 485 g/mol. The van der Waals surface area contributed by atoms with Crippen LogP contribution in [0.15, 0.2) is 65.4 Å². The number of methoxy groups -OCH3 is 1. The van der Waals surface area contributed by atoms with Crippen LogP contribution in [0.3, 0.4) is 0 Å². The van der Waals surface area contributed by atoms with E-state index in [1.165, 1.54) is 0 Å². The van der Waals surface area contributed by atoms with Crippen molar-refractivity contribution in [2.75, 3.05) is 18.6 Å². The Kier molecular flexibility index (Phi) is 6.88. The van der Waals surface area contributed by atoms with Crippen molar-refractivity contribution >= 4 is 23.6 Å². The van der Waals surface area contributed by atoms with Gasteiger partial charge in [-0.05, 0) is 107 Å². The van der Waals surface area contributed by atoms with E-state index in [0.717, 1.165) is 45.2 Å². The van der Waals surface area contributed by atoms with E-state index in [1.807, 2.05) is 82.3 Å². The number of aromatic nitrogens is 1. The Morgan fingerprint density at radius 2 is 1.58 bits per heavy atom. The number of nitrogens with zero attached hydrogens (tertiary/aromatic N) is 2.